The van der Waals surface area contributed by atoms with Crippen molar-refractivity contribution in [3.63, 3.8) is 0 Å². The average molecular weight is 376 g/mol. The van der Waals surface area contributed by atoms with Crippen LogP contribution in [0.2, 0.25) is 0 Å². The van der Waals surface area contributed by atoms with Crippen LogP contribution in [-0.4, -0.2) is 31.1 Å². The highest BCUT2D eigenvalue weighted by molar-refractivity contribution is 5.85. The highest BCUT2D eigenvalue weighted by atomic mass is 19.1. The Morgan fingerprint density at radius 1 is 1.00 bits per heavy atom. The van der Waals surface area contributed by atoms with E-state index < -0.39 is 23.7 Å². The van der Waals surface area contributed by atoms with Gasteiger partial charge in [0.2, 0.25) is 0 Å². The monoisotopic (exact) mass is 376 g/mol. The summed E-state index contributed by atoms with van der Waals surface area (Å²) in [5.74, 6) is -0.205. The van der Waals surface area contributed by atoms with E-state index in [-0.39, 0.29) is 12.4 Å². The Labute approximate surface area is 156 Å². The van der Waals surface area contributed by atoms with E-state index in [1.807, 2.05) is 6.92 Å². The minimum absolute atomic E-state index is 0.212. The summed E-state index contributed by atoms with van der Waals surface area (Å²) in [5.41, 5.74) is 4.44. The van der Waals surface area contributed by atoms with Crippen molar-refractivity contribution in [2.75, 3.05) is 13.2 Å². The van der Waals surface area contributed by atoms with E-state index >= 15 is 0 Å². The zero-order chi connectivity index (χ0) is 19.6. The van der Waals surface area contributed by atoms with Gasteiger partial charge in [-0.05, 0) is 50.2 Å². The molecule has 7 nitrogen and oxygen atoms in total. The third kappa shape index (κ3) is 6.85. The van der Waals surface area contributed by atoms with Crippen LogP contribution in [-0.2, 0) is 9.59 Å². The predicted molar refractivity (Wildman–Crippen MR) is 95.9 cm³/mol. The first-order chi connectivity index (χ1) is 13.0. The molecule has 0 radical (unpaired) electrons. The zero-order valence-corrected chi connectivity index (χ0v) is 15.0. The van der Waals surface area contributed by atoms with Crippen molar-refractivity contribution in [3.8, 4) is 17.2 Å². The Bertz CT molecular complexity index is 767. The third-order valence-corrected chi connectivity index (χ3v) is 3.31. The molecule has 1 unspecified atom stereocenters. The Kier molecular flexibility index (Phi) is 7.42. The number of rotatable bonds is 8. The van der Waals surface area contributed by atoms with Crippen LogP contribution < -0.4 is 25.1 Å². The normalized spacial score (nSPS) is 11.2. The minimum atomic E-state index is -0.840. The summed E-state index contributed by atoms with van der Waals surface area (Å²) in [4.78, 5) is 23.7. The largest absolute Gasteiger partial charge is 0.494 e. The van der Waals surface area contributed by atoms with Crippen LogP contribution >= 0.6 is 0 Å². The Morgan fingerprint density at radius 2 is 1.70 bits per heavy atom. The third-order valence-electron chi connectivity index (χ3n) is 3.31. The van der Waals surface area contributed by atoms with Gasteiger partial charge in [-0.25, -0.2) is 4.39 Å². The van der Waals surface area contributed by atoms with Crippen molar-refractivity contribution >= 4 is 11.8 Å². The van der Waals surface area contributed by atoms with E-state index in [2.05, 4.69) is 10.9 Å². The van der Waals surface area contributed by atoms with Crippen molar-refractivity contribution in [1.82, 2.24) is 10.9 Å². The van der Waals surface area contributed by atoms with Gasteiger partial charge in [-0.3, -0.25) is 20.4 Å². The quantitative estimate of drug-likeness (QED) is 0.690. The first-order valence-corrected chi connectivity index (χ1v) is 8.34. The molecule has 0 aliphatic heterocycles. The molecule has 0 saturated heterocycles. The number of nitrogens with one attached hydrogen (secondary N) is 2. The first-order valence-electron chi connectivity index (χ1n) is 8.34. The van der Waals surface area contributed by atoms with Crippen LogP contribution in [0.4, 0.5) is 4.39 Å². The summed E-state index contributed by atoms with van der Waals surface area (Å²) in [6.45, 7) is 3.61. The van der Waals surface area contributed by atoms with Gasteiger partial charge in [0.1, 0.15) is 23.1 Å². The molecule has 0 heterocycles. The fraction of sp³-hybridized carbons (Fsp3) is 0.263. The molecule has 0 bridgehead atoms. The molecule has 2 aromatic carbocycles. The second kappa shape index (κ2) is 10.0. The van der Waals surface area contributed by atoms with Crippen LogP contribution in [0.15, 0.2) is 48.5 Å². The summed E-state index contributed by atoms with van der Waals surface area (Å²) in [6.07, 6.45) is -0.840. The van der Waals surface area contributed by atoms with Crippen molar-refractivity contribution < 1.29 is 28.2 Å². The minimum Gasteiger partial charge on any atom is -0.494 e. The van der Waals surface area contributed by atoms with Crippen LogP contribution in [0.1, 0.15) is 13.8 Å². The fourth-order valence-corrected chi connectivity index (χ4v) is 2.01. The lowest BCUT2D eigenvalue weighted by atomic mass is 10.3. The molecule has 0 aliphatic rings. The number of amides is 2. The molecule has 0 aromatic heterocycles. The number of hydrogen-bond donors (Lipinski definition) is 2. The van der Waals surface area contributed by atoms with E-state index in [4.69, 9.17) is 14.2 Å². The zero-order valence-electron chi connectivity index (χ0n) is 15.0. The lowest BCUT2D eigenvalue weighted by molar-refractivity contribution is -0.133. The fourth-order valence-electron chi connectivity index (χ4n) is 2.01. The molecule has 8 heteroatoms. The Morgan fingerprint density at radius 3 is 2.37 bits per heavy atom. The number of hydrogen-bond acceptors (Lipinski definition) is 5. The van der Waals surface area contributed by atoms with E-state index in [1.54, 1.807) is 31.2 Å². The van der Waals surface area contributed by atoms with Crippen LogP contribution in [0.5, 0.6) is 17.2 Å². The van der Waals surface area contributed by atoms with E-state index in [9.17, 15) is 14.0 Å². The molecular weight excluding hydrogens is 355 g/mol. The van der Waals surface area contributed by atoms with Gasteiger partial charge in [-0.1, -0.05) is 6.07 Å². The summed E-state index contributed by atoms with van der Waals surface area (Å²) in [6, 6.07) is 12.2. The van der Waals surface area contributed by atoms with Gasteiger partial charge >= 0.3 is 0 Å². The van der Waals surface area contributed by atoms with Gasteiger partial charge in [0, 0.05) is 6.07 Å². The van der Waals surface area contributed by atoms with Gasteiger partial charge < -0.3 is 14.2 Å². The number of benzene rings is 2. The second-order valence-corrected chi connectivity index (χ2v) is 5.45. The molecule has 0 aliphatic carbocycles. The molecule has 2 amide bonds. The highest BCUT2D eigenvalue weighted by Crippen LogP contribution is 2.18. The highest BCUT2D eigenvalue weighted by Gasteiger charge is 2.15. The second-order valence-electron chi connectivity index (χ2n) is 5.45. The number of halogens is 1. The molecule has 2 rings (SSSR count). The smallest absolute Gasteiger partial charge is 0.279 e. The topological polar surface area (TPSA) is 85.9 Å². The molecule has 2 aromatic rings. The number of ether oxygens (including phenoxy) is 3. The van der Waals surface area contributed by atoms with Gasteiger partial charge in [0.05, 0.1) is 6.61 Å². The van der Waals surface area contributed by atoms with Crippen molar-refractivity contribution in [2.45, 2.75) is 20.0 Å². The number of carbonyl (C=O) groups is 2. The maximum atomic E-state index is 13.0. The molecule has 144 valence electrons. The van der Waals surface area contributed by atoms with Crippen LogP contribution in [0.25, 0.3) is 0 Å². The molecule has 27 heavy (non-hydrogen) atoms. The van der Waals surface area contributed by atoms with Crippen LogP contribution in [0, 0.1) is 5.82 Å². The van der Waals surface area contributed by atoms with Gasteiger partial charge in [0.15, 0.2) is 12.7 Å². The van der Waals surface area contributed by atoms with E-state index in [1.165, 1.54) is 18.2 Å². The first kappa shape index (κ1) is 20.0. The SMILES string of the molecule is CCOc1ccc(OC(C)C(=O)NNC(=O)COc2cccc(F)c2)cc1. The molecule has 0 spiro atoms. The van der Waals surface area contributed by atoms with E-state index in [0.717, 1.165) is 6.07 Å². The molecule has 0 fully saturated rings. The van der Waals surface area contributed by atoms with Crippen molar-refractivity contribution in [2.24, 2.45) is 0 Å². The number of hydrazine groups is 1. The number of carbonyl (C=O) groups excluding carboxylic acids is 2. The molecule has 1 atom stereocenters. The Hall–Kier alpha value is -3.29. The predicted octanol–water partition coefficient (Wildman–Crippen LogP) is 2.22. The van der Waals surface area contributed by atoms with Gasteiger partial charge in [-0.2, -0.15) is 0 Å². The average Bonchev–Trinajstić information content (AvgIpc) is 2.66. The summed E-state index contributed by atoms with van der Waals surface area (Å²) >= 11 is 0. The Balaban J connectivity index is 1.72. The summed E-state index contributed by atoms with van der Waals surface area (Å²) in [5, 5.41) is 0. The summed E-state index contributed by atoms with van der Waals surface area (Å²) in [7, 11) is 0. The summed E-state index contributed by atoms with van der Waals surface area (Å²) < 4.78 is 29.0. The molecule has 2 N–H and O–H groups in total. The standard InChI is InChI=1S/C19H21FN2O5/c1-3-25-15-7-9-16(10-8-15)27-13(2)19(24)22-21-18(23)12-26-17-6-4-5-14(20)11-17/h4-11,13H,3,12H2,1-2H3,(H,21,23)(H,22,24). The van der Waals surface area contributed by atoms with E-state index in [0.29, 0.717) is 18.1 Å². The molecule has 0 saturated carbocycles. The lowest BCUT2D eigenvalue weighted by Gasteiger charge is -2.15. The van der Waals surface area contributed by atoms with Gasteiger partial charge in [0.25, 0.3) is 11.8 Å². The maximum Gasteiger partial charge on any atom is 0.279 e. The lowest BCUT2D eigenvalue weighted by Crippen LogP contribution is -2.48. The van der Waals surface area contributed by atoms with Crippen LogP contribution in [0.3, 0.4) is 0 Å². The van der Waals surface area contributed by atoms with Gasteiger partial charge in [-0.15, -0.1) is 0 Å². The van der Waals surface area contributed by atoms with Crippen molar-refractivity contribution in [1.29, 1.82) is 0 Å². The molecular formula is C19H21FN2O5. The maximum absolute atomic E-state index is 13.0. The van der Waals surface area contributed by atoms with Crippen molar-refractivity contribution in [3.05, 3.63) is 54.3 Å².